The fraction of sp³-hybridized carbons (Fsp3) is 0.176. The number of hydrogen-bond donors (Lipinski definition) is 1. The molecule has 140 valence electrons. The highest BCUT2D eigenvalue weighted by atomic mass is 79.9. The van der Waals surface area contributed by atoms with Crippen LogP contribution >= 0.6 is 27.7 Å². The number of nitrogens with zero attached hydrogens (tertiary/aromatic N) is 2. The predicted octanol–water partition coefficient (Wildman–Crippen LogP) is 2.08. The van der Waals surface area contributed by atoms with E-state index in [0.717, 1.165) is 17.8 Å². The third kappa shape index (κ3) is 5.60. The SMILES string of the molecule is C#CCOc1cc(Br)c(C=N/N=C2/NC(=O)/C(=C\C(=O)OC)S2)cc1OC. The number of amides is 1. The zero-order valence-electron chi connectivity index (χ0n) is 14.3. The maximum absolute atomic E-state index is 11.7. The summed E-state index contributed by atoms with van der Waals surface area (Å²) in [4.78, 5) is 23.1. The lowest BCUT2D eigenvalue weighted by Crippen LogP contribution is -2.19. The summed E-state index contributed by atoms with van der Waals surface area (Å²) in [5.41, 5.74) is 0.670. The molecule has 1 fully saturated rings. The molecule has 0 radical (unpaired) electrons. The van der Waals surface area contributed by atoms with E-state index in [1.165, 1.54) is 20.4 Å². The van der Waals surface area contributed by atoms with Gasteiger partial charge in [-0.05, 0) is 39.8 Å². The third-order valence-electron chi connectivity index (χ3n) is 3.04. The minimum absolute atomic E-state index is 0.113. The fourth-order valence-electron chi connectivity index (χ4n) is 1.83. The number of thioether (sulfide) groups is 1. The van der Waals surface area contributed by atoms with Crippen molar-refractivity contribution in [1.82, 2.24) is 5.32 Å². The molecule has 0 saturated carbocycles. The van der Waals surface area contributed by atoms with Crippen LogP contribution in [0.4, 0.5) is 0 Å². The van der Waals surface area contributed by atoms with Crippen LogP contribution in [0.15, 0.2) is 37.8 Å². The van der Waals surface area contributed by atoms with Crippen LogP contribution < -0.4 is 14.8 Å². The lowest BCUT2D eigenvalue weighted by molar-refractivity contribution is -0.135. The van der Waals surface area contributed by atoms with E-state index in [9.17, 15) is 9.59 Å². The van der Waals surface area contributed by atoms with Gasteiger partial charge in [0.15, 0.2) is 16.7 Å². The van der Waals surface area contributed by atoms with Crippen molar-refractivity contribution in [3.63, 3.8) is 0 Å². The van der Waals surface area contributed by atoms with E-state index in [4.69, 9.17) is 15.9 Å². The van der Waals surface area contributed by atoms with Gasteiger partial charge in [0.2, 0.25) is 0 Å². The highest BCUT2D eigenvalue weighted by Gasteiger charge is 2.25. The molecule has 27 heavy (non-hydrogen) atoms. The standard InChI is InChI=1S/C17H14BrN3O5S/c1-4-5-26-13-7-11(18)10(6-12(13)24-2)9-19-21-17-20-16(23)14(27-17)8-15(22)25-3/h1,6-9H,5H2,2-3H3,(H,20,21,23)/b14-8+,19-9?. The Morgan fingerprint density at radius 3 is 2.85 bits per heavy atom. The summed E-state index contributed by atoms with van der Waals surface area (Å²) in [6, 6.07) is 3.40. The van der Waals surface area contributed by atoms with Gasteiger partial charge in [-0.15, -0.1) is 11.5 Å². The number of hydrogen-bond acceptors (Lipinski definition) is 8. The minimum atomic E-state index is -0.624. The van der Waals surface area contributed by atoms with Crippen LogP contribution in [-0.4, -0.2) is 44.1 Å². The number of halogens is 1. The Morgan fingerprint density at radius 2 is 2.19 bits per heavy atom. The average Bonchev–Trinajstić information content (AvgIpc) is 3.00. The number of benzene rings is 1. The van der Waals surface area contributed by atoms with Gasteiger partial charge >= 0.3 is 5.97 Å². The first-order valence-corrected chi connectivity index (χ1v) is 8.93. The Labute approximate surface area is 168 Å². The molecule has 2 rings (SSSR count). The van der Waals surface area contributed by atoms with E-state index < -0.39 is 11.9 Å². The fourth-order valence-corrected chi connectivity index (χ4v) is 2.99. The number of esters is 1. The lowest BCUT2D eigenvalue weighted by Gasteiger charge is -2.10. The molecule has 0 bridgehead atoms. The van der Waals surface area contributed by atoms with Crippen molar-refractivity contribution in [2.24, 2.45) is 10.2 Å². The van der Waals surface area contributed by atoms with Crippen molar-refractivity contribution in [3.8, 4) is 23.8 Å². The van der Waals surface area contributed by atoms with E-state index in [-0.39, 0.29) is 16.7 Å². The van der Waals surface area contributed by atoms with Crippen LogP contribution in [0.3, 0.4) is 0 Å². The van der Waals surface area contributed by atoms with E-state index in [1.54, 1.807) is 12.1 Å². The quantitative estimate of drug-likeness (QED) is 0.233. The van der Waals surface area contributed by atoms with E-state index >= 15 is 0 Å². The van der Waals surface area contributed by atoms with Gasteiger partial charge in [-0.2, -0.15) is 5.10 Å². The van der Waals surface area contributed by atoms with Gasteiger partial charge in [0.25, 0.3) is 5.91 Å². The first-order valence-electron chi connectivity index (χ1n) is 7.32. The molecule has 1 amide bonds. The Morgan fingerprint density at radius 1 is 1.41 bits per heavy atom. The molecule has 0 aromatic heterocycles. The molecule has 1 aromatic carbocycles. The second-order valence-corrected chi connectivity index (χ2v) is 6.64. The average molecular weight is 452 g/mol. The Balaban J connectivity index is 2.15. The largest absolute Gasteiger partial charge is 0.493 e. The zero-order chi connectivity index (χ0) is 19.8. The summed E-state index contributed by atoms with van der Waals surface area (Å²) >= 11 is 4.39. The van der Waals surface area contributed by atoms with E-state index in [1.807, 2.05) is 0 Å². The van der Waals surface area contributed by atoms with Crippen molar-refractivity contribution in [2.45, 2.75) is 0 Å². The summed E-state index contributed by atoms with van der Waals surface area (Å²) in [6.07, 6.45) is 7.75. The summed E-state index contributed by atoms with van der Waals surface area (Å²) in [5.74, 6) is 2.28. The zero-order valence-corrected chi connectivity index (χ0v) is 16.7. The van der Waals surface area contributed by atoms with Gasteiger partial charge in [-0.25, -0.2) is 4.79 Å². The number of nitrogens with one attached hydrogen (secondary N) is 1. The Bertz CT molecular complexity index is 889. The second-order valence-electron chi connectivity index (χ2n) is 4.76. The normalized spacial score (nSPS) is 16.4. The van der Waals surface area contributed by atoms with Crippen LogP contribution in [0.25, 0.3) is 0 Å². The van der Waals surface area contributed by atoms with Crippen molar-refractivity contribution in [1.29, 1.82) is 0 Å². The Hall–Kier alpha value is -2.77. The molecule has 1 heterocycles. The van der Waals surface area contributed by atoms with Crippen molar-refractivity contribution < 1.29 is 23.8 Å². The number of amidine groups is 1. The highest BCUT2D eigenvalue weighted by Crippen LogP contribution is 2.33. The van der Waals surface area contributed by atoms with Gasteiger partial charge in [0.05, 0.1) is 25.3 Å². The molecular weight excluding hydrogens is 438 g/mol. The summed E-state index contributed by atoms with van der Waals surface area (Å²) in [7, 11) is 2.73. The molecule has 1 saturated heterocycles. The van der Waals surface area contributed by atoms with Gasteiger partial charge < -0.3 is 14.2 Å². The lowest BCUT2D eigenvalue weighted by atomic mass is 10.2. The molecule has 0 aliphatic carbocycles. The monoisotopic (exact) mass is 451 g/mol. The molecule has 0 atom stereocenters. The van der Waals surface area contributed by atoms with Crippen LogP contribution in [0, 0.1) is 12.3 Å². The van der Waals surface area contributed by atoms with Crippen LogP contribution in [0.1, 0.15) is 5.56 Å². The van der Waals surface area contributed by atoms with Crippen LogP contribution in [0.5, 0.6) is 11.5 Å². The number of carbonyl (C=O) groups is 2. The van der Waals surface area contributed by atoms with Crippen molar-refractivity contribution in [2.75, 3.05) is 20.8 Å². The number of rotatable bonds is 6. The maximum Gasteiger partial charge on any atom is 0.331 e. The smallest absolute Gasteiger partial charge is 0.331 e. The molecule has 0 spiro atoms. The summed E-state index contributed by atoms with van der Waals surface area (Å²) in [5, 5.41) is 10.6. The highest BCUT2D eigenvalue weighted by molar-refractivity contribution is 9.10. The number of methoxy groups -OCH3 is 2. The number of ether oxygens (including phenoxy) is 3. The third-order valence-corrected chi connectivity index (χ3v) is 4.63. The molecule has 10 heteroatoms. The molecule has 1 aliphatic rings. The molecule has 0 unspecified atom stereocenters. The van der Waals surface area contributed by atoms with E-state index in [2.05, 4.69) is 42.1 Å². The summed E-state index contributed by atoms with van der Waals surface area (Å²) in [6.45, 7) is 0.113. The maximum atomic E-state index is 11.7. The van der Waals surface area contributed by atoms with E-state index in [0.29, 0.717) is 21.5 Å². The van der Waals surface area contributed by atoms with Gasteiger partial charge in [0.1, 0.15) is 6.61 Å². The predicted molar refractivity (Wildman–Crippen MR) is 106 cm³/mol. The molecule has 1 aromatic rings. The van der Waals surface area contributed by atoms with Crippen molar-refractivity contribution in [3.05, 3.63) is 33.2 Å². The second kappa shape index (κ2) is 9.80. The molecular formula is C17H14BrN3O5S. The summed E-state index contributed by atoms with van der Waals surface area (Å²) < 4.78 is 15.9. The molecule has 8 nitrogen and oxygen atoms in total. The minimum Gasteiger partial charge on any atom is -0.493 e. The van der Waals surface area contributed by atoms with Crippen molar-refractivity contribution >= 4 is 51.0 Å². The number of terminal acetylenes is 1. The van der Waals surface area contributed by atoms with Gasteiger partial charge in [-0.3, -0.25) is 10.1 Å². The van der Waals surface area contributed by atoms with Crippen LogP contribution in [0.2, 0.25) is 0 Å². The van der Waals surface area contributed by atoms with Gasteiger partial charge in [-0.1, -0.05) is 5.92 Å². The molecule has 1 aliphatic heterocycles. The Kier molecular flexibility index (Phi) is 7.45. The first-order chi connectivity index (χ1) is 13.0. The first kappa shape index (κ1) is 20.5. The number of carbonyl (C=O) groups excluding carboxylic acids is 2. The van der Waals surface area contributed by atoms with Gasteiger partial charge in [0, 0.05) is 16.1 Å². The van der Waals surface area contributed by atoms with Crippen LogP contribution in [-0.2, 0) is 14.3 Å². The molecule has 1 N–H and O–H groups in total. The topological polar surface area (TPSA) is 98.6 Å².